The van der Waals surface area contributed by atoms with Crippen LogP contribution in [0.15, 0.2) is 97.1 Å². The van der Waals surface area contributed by atoms with Gasteiger partial charge in [0.1, 0.15) is 12.1 Å². The maximum Gasteiger partial charge on any atom is 0.325 e. The molecule has 0 bridgehead atoms. The van der Waals surface area contributed by atoms with Gasteiger partial charge in [-0.15, -0.1) is 0 Å². The van der Waals surface area contributed by atoms with Gasteiger partial charge in [0, 0.05) is 11.1 Å². The van der Waals surface area contributed by atoms with Crippen LogP contribution in [0.1, 0.15) is 28.4 Å². The molecule has 7 heteroatoms. The molecule has 0 radical (unpaired) electrons. The lowest BCUT2D eigenvalue weighted by molar-refractivity contribution is -0.133. The Hall–Kier alpha value is -4.78. The number of fused-ring (bicyclic) bond motifs is 1. The zero-order valence-electron chi connectivity index (χ0n) is 19.5. The Labute approximate surface area is 207 Å². The number of hydrogen-bond donors (Lipinski definition) is 2. The van der Waals surface area contributed by atoms with E-state index in [1.54, 1.807) is 61.5 Å². The first kappa shape index (κ1) is 23.0. The molecule has 2 N–H and O–H groups in total. The second kappa shape index (κ2) is 9.11. The summed E-state index contributed by atoms with van der Waals surface area (Å²) in [7, 11) is 0. The van der Waals surface area contributed by atoms with Crippen LogP contribution in [0.2, 0.25) is 0 Å². The molecule has 1 aliphatic heterocycles. The number of rotatable bonds is 6. The van der Waals surface area contributed by atoms with Crippen molar-refractivity contribution >= 4 is 40.1 Å². The average Bonchev–Trinajstić information content (AvgIpc) is 3.12. The second-order valence-corrected chi connectivity index (χ2v) is 8.80. The first-order chi connectivity index (χ1) is 17.4. The number of ketones is 1. The van der Waals surface area contributed by atoms with E-state index in [1.807, 2.05) is 42.5 Å². The number of imide groups is 1. The molecule has 178 valence electrons. The number of anilines is 1. The Balaban J connectivity index is 1.34. The maximum absolute atomic E-state index is 13.3. The molecule has 0 aliphatic carbocycles. The number of hydrogen-bond acceptors (Lipinski definition) is 4. The zero-order valence-corrected chi connectivity index (χ0v) is 19.5. The number of carbonyl (C=O) groups is 4. The van der Waals surface area contributed by atoms with Gasteiger partial charge in [-0.1, -0.05) is 78.9 Å². The van der Waals surface area contributed by atoms with Crippen LogP contribution in [-0.2, 0) is 15.1 Å². The molecule has 0 spiro atoms. The van der Waals surface area contributed by atoms with Gasteiger partial charge in [0.15, 0.2) is 5.78 Å². The van der Waals surface area contributed by atoms with Gasteiger partial charge in [-0.05, 0) is 41.5 Å². The molecule has 1 atom stereocenters. The summed E-state index contributed by atoms with van der Waals surface area (Å²) >= 11 is 0. The smallest absolute Gasteiger partial charge is 0.324 e. The van der Waals surface area contributed by atoms with Gasteiger partial charge >= 0.3 is 6.03 Å². The van der Waals surface area contributed by atoms with Crippen LogP contribution in [0.3, 0.4) is 0 Å². The van der Waals surface area contributed by atoms with Gasteiger partial charge in [-0.25, -0.2) is 4.79 Å². The number of amides is 4. The lowest BCUT2D eigenvalue weighted by Crippen LogP contribution is -2.42. The molecular formula is C29H23N3O4. The molecule has 36 heavy (non-hydrogen) atoms. The molecule has 1 fully saturated rings. The highest BCUT2D eigenvalue weighted by Crippen LogP contribution is 2.31. The molecular weight excluding hydrogens is 454 g/mol. The third-order valence-corrected chi connectivity index (χ3v) is 6.39. The fourth-order valence-corrected chi connectivity index (χ4v) is 4.41. The van der Waals surface area contributed by atoms with E-state index < -0.39 is 29.9 Å². The minimum absolute atomic E-state index is 0.245. The number of benzene rings is 4. The highest BCUT2D eigenvalue weighted by atomic mass is 16.2. The van der Waals surface area contributed by atoms with Crippen molar-refractivity contribution < 1.29 is 19.2 Å². The van der Waals surface area contributed by atoms with Crippen LogP contribution >= 0.6 is 0 Å². The summed E-state index contributed by atoms with van der Waals surface area (Å²) in [4.78, 5) is 52.8. The van der Waals surface area contributed by atoms with E-state index in [4.69, 9.17) is 0 Å². The number of nitrogens with zero attached hydrogens (tertiary/aromatic N) is 1. The van der Waals surface area contributed by atoms with Crippen LogP contribution in [-0.4, -0.2) is 35.1 Å². The Morgan fingerprint density at radius 2 is 1.50 bits per heavy atom. The van der Waals surface area contributed by atoms with Gasteiger partial charge in [-0.2, -0.15) is 0 Å². The standard InChI is InChI=1S/C29H23N3O4/c1-29(22-16-15-19-9-5-6-12-21(19)17-22)27(35)32(28(36)31-29)18-25(33)30-24-14-8-7-13-23(24)26(34)20-10-3-2-4-11-20/h2-17H,18H2,1H3,(H,30,33)(H,31,36)/t29-/m0/s1. The largest absolute Gasteiger partial charge is 0.325 e. The fraction of sp³-hybridized carbons (Fsp3) is 0.103. The van der Waals surface area contributed by atoms with Gasteiger partial charge in [-0.3, -0.25) is 19.3 Å². The van der Waals surface area contributed by atoms with Crippen LogP contribution in [0.5, 0.6) is 0 Å². The van der Waals surface area contributed by atoms with Crippen molar-refractivity contribution in [3.63, 3.8) is 0 Å². The molecule has 4 aromatic carbocycles. The van der Waals surface area contributed by atoms with Gasteiger partial charge in [0.2, 0.25) is 5.91 Å². The Morgan fingerprint density at radius 3 is 2.28 bits per heavy atom. The molecule has 1 heterocycles. The topological polar surface area (TPSA) is 95.6 Å². The molecule has 7 nitrogen and oxygen atoms in total. The van der Waals surface area contributed by atoms with Crippen molar-refractivity contribution in [2.24, 2.45) is 0 Å². The summed E-state index contributed by atoms with van der Waals surface area (Å²) in [6.07, 6.45) is 0. The van der Waals surface area contributed by atoms with Crippen LogP contribution in [0.25, 0.3) is 10.8 Å². The van der Waals surface area contributed by atoms with Crippen LogP contribution in [0.4, 0.5) is 10.5 Å². The number of carbonyl (C=O) groups excluding carboxylic acids is 4. The normalized spacial score (nSPS) is 17.2. The highest BCUT2D eigenvalue weighted by Gasteiger charge is 2.49. The van der Waals surface area contributed by atoms with E-state index >= 15 is 0 Å². The first-order valence-corrected chi connectivity index (χ1v) is 11.5. The second-order valence-electron chi connectivity index (χ2n) is 8.80. The Kier molecular flexibility index (Phi) is 5.82. The molecule has 5 rings (SSSR count). The lowest BCUT2D eigenvalue weighted by Gasteiger charge is -2.22. The SMILES string of the molecule is C[C@@]1(c2ccc3ccccc3c2)NC(=O)N(CC(=O)Nc2ccccc2C(=O)c2ccccc2)C1=O. The van der Waals surface area contributed by atoms with Crippen LogP contribution in [0, 0.1) is 0 Å². The van der Waals surface area contributed by atoms with Gasteiger partial charge in [0.25, 0.3) is 5.91 Å². The predicted molar refractivity (Wildman–Crippen MR) is 136 cm³/mol. The fourth-order valence-electron chi connectivity index (χ4n) is 4.41. The summed E-state index contributed by atoms with van der Waals surface area (Å²) in [5.41, 5.74) is 0.430. The van der Waals surface area contributed by atoms with Gasteiger partial charge in [0.05, 0.1) is 5.69 Å². The van der Waals surface area contributed by atoms with E-state index in [1.165, 1.54) is 0 Å². The number of urea groups is 1. The minimum Gasteiger partial charge on any atom is -0.324 e. The van der Waals surface area contributed by atoms with E-state index in [0.717, 1.165) is 15.7 Å². The maximum atomic E-state index is 13.3. The summed E-state index contributed by atoms with van der Waals surface area (Å²) in [5, 5.41) is 7.38. The van der Waals surface area contributed by atoms with Crippen molar-refractivity contribution in [2.75, 3.05) is 11.9 Å². The molecule has 0 saturated carbocycles. The van der Waals surface area contributed by atoms with E-state index in [9.17, 15) is 19.2 Å². The summed E-state index contributed by atoms with van der Waals surface area (Å²) in [5.74, 6) is -1.36. The zero-order chi connectivity index (χ0) is 25.3. The number of para-hydroxylation sites is 1. The molecule has 1 saturated heterocycles. The van der Waals surface area contributed by atoms with Crippen LogP contribution < -0.4 is 10.6 Å². The van der Waals surface area contributed by atoms with E-state index in [0.29, 0.717) is 22.4 Å². The quantitative estimate of drug-likeness (QED) is 0.316. The Morgan fingerprint density at radius 1 is 0.833 bits per heavy atom. The molecule has 1 aliphatic rings. The van der Waals surface area contributed by atoms with E-state index in [2.05, 4.69) is 10.6 Å². The van der Waals surface area contributed by atoms with Crippen molar-refractivity contribution in [1.29, 1.82) is 0 Å². The minimum atomic E-state index is -1.30. The van der Waals surface area contributed by atoms with Crippen molar-refractivity contribution in [1.82, 2.24) is 10.2 Å². The van der Waals surface area contributed by atoms with E-state index in [-0.39, 0.29) is 5.78 Å². The molecule has 4 amide bonds. The summed E-state index contributed by atoms with van der Waals surface area (Å²) in [6.45, 7) is 1.14. The molecule has 4 aromatic rings. The first-order valence-electron chi connectivity index (χ1n) is 11.5. The lowest BCUT2D eigenvalue weighted by atomic mass is 9.90. The third-order valence-electron chi connectivity index (χ3n) is 6.39. The number of nitrogens with one attached hydrogen (secondary N) is 2. The predicted octanol–water partition coefficient (Wildman–Crippen LogP) is 4.48. The van der Waals surface area contributed by atoms with Crippen molar-refractivity contribution in [2.45, 2.75) is 12.5 Å². The monoisotopic (exact) mass is 477 g/mol. The third kappa shape index (κ3) is 4.11. The van der Waals surface area contributed by atoms with Gasteiger partial charge < -0.3 is 10.6 Å². The Bertz CT molecular complexity index is 1520. The molecule has 0 unspecified atom stereocenters. The highest BCUT2D eigenvalue weighted by molar-refractivity contribution is 6.15. The van der Waals surface area contributed by atoms with Crippen molar-refractivity contribution in [3.05, 3.63) is 114 Å². The summed E-state index contributed by atoms with van der Waals surface area (Å²) in [6, 6.07) is 28.0. The van der Waals surface area contributed by atoms with Crippen molar-refractivity contribution in [3.8, 4) is 0 Å². The average molecular weight is 478 g/mol. The summed E-state index contributed by atoms with van der Waals surface area (Å²) < 4.78 is 0. The molecule has 0 aromatic heterocycles.